The molecule has 0 aliphatic heterocycles. The van der Waals surface area contributed by atoms with Gasteiger partial charge >= 0.3 is 5.97 Å². The molecule has 0 spiro atoms. The van der Waals surface area contributed by atoms with Crippen LogP contribution in [0.4, 0.5) is 0 Å². The van der Waals surface area contributed by atoms with Crippen molar-refractivity contribution in [3.8, 4) is 0 Å². The molecule has 9 heavy (non-hydrogen) atoms. The highest BCUT2D eigenvalue weighted by Gasteiger charge is 1.83. The van der Waals surface area contributed by atoms with Gasteiger partial charge in [0.15, 0.2) is 0 Å². The maximum absolute atomic E-state index is 9.83. The van der Waals surface area contributed by atoms with Crippen LogP contribution in [-0.2, 0) is 9.53 Å². The van der Waals surface area contributed by atoms with Crippen molar-refractivity contribution in [2.45, 2.75) is 6.42 Å². The van der Waals surface area contributed by atoms with Gasteiger partial charge in [-0.2, -0.15) is 0 Å². The summed E-state index contributed by atoms with van der Waals surface area (Å²) in [6, 6.07) is 0. The highest BCUT2D eigenvalue weighted by atomic mass is 16.5. The van der Waals surface area contributed by atoms with Gasteiger partial charge < -0.3 is 9.84 Å². The molecular formula is C6H10O3. The Bertz CT molecular complexity index is 107. The molecule has 0 saturated heterocycles. The SMILES string of the molecule is COCCC=CC(=O)O. The molecule has 0 fully saturated rings. The number of hydrogen-bond donors (Lipinski definition) is 1. The molecule has 0 aromatic heterocycles. The van der Waals surface area contributed by atoms with Gasteiger partial charge in [-0.25, -0.2) is 4.79 Å². The van der Waals surface area contributed by atoms with Crippen LogP contribution in [0.2, 0.25) is 0 Å². The first-order chi connectivity index (χ1) is 4.27. The average molecular weight is 130 g/mol. The molecule has 0 aromatic carbocycles. The zero-order valence-electron chi connectivity index (χ0n) is 5.33. The number of aliphatic carboxylic acids is 1. The topological polar surface area (TPSA) is 46.5 Å². The van der Waals surface area contributed by atoms with E-state index in [4.69, 9.17) is 5.11 Å². The van der Waals surface area contributed by atoms with Gasteiger partial charge in [-0.05, 0) is 6.42 Å². The lowest BCUT2D eigenvalue weighted by atomic mass is 10.4. The average Bonchev–Trinajstić information content (AvgIpc) is 1.80. The van der Waals surface area contributed by atoms with E-state index in [0.29, 0.717) is 13.0 Å². The molecule has 1 N–H and O–H groups in total. The van der Waals surface area contributed by atoms with Crippen molar-refractivity contribution in [1.82, 2.24) is 0 Å². The minimum absolute atomic E-state index is 0.573. The number of carboxylic acid groups (broad SMARTS) is 1. The molecule has 0 aromatic rings. The second-order valence-corrected chi connectivity index (χ2v) is 1.52. The van der Waals surface area contributed by atoms with E-state index in [9.17, 15) is 4.79 Å². The van der Waals surface area contributed by atoms with Crippen molar-refractivity contribution in [2.24, 2.45) is 0 Å². The monoisotopic (exact) mass is 130 g/mol. The maximum atomic E-state index is 9.83. The minimum Gasteiger partial charge on any atom is -0.478 e. The number of rotatable bonds is 4. The summed E-state index contributed by atoms with van der Waals surface area (Å²) in [5.41, 5.74) is 0. The molecule has 0 atom stereocenters. The van der Waals surface area contributed by atoms with Crippen molar-refractivity contribution < 1.29 is 14.6 Å². The lowest BCUT2D eigenvalue weighted by molar-refractivity contribution is -0.131. The molecule has 52 valence electrons. The van der Waals surface area contributed by atoms with E-state index in [1.807, 2.05) is 0 Å². The summed E-state index contributed by atoms with van der Waals surface area (Å²) < 4.78 is 4.68. The summed E-state index contributed by atoms with van der Waals surface area (Å²) in [5.74, 6) is -0.911. The molecule has 3 nitrogen and oxygen atoms in total. The van der Waals surface area contributed by atoms with Crippen LogP contribution in [0.3, 0.4) is 0 Å². The first-order valence-electron chi connectivity index (χ1n) is 2.65. The van der Waals surface area contributed by atoms with Crippen molar-refractivity contribution in [3.63, 3.8) is 0 Å². The number of carbonyl (C=O) groups is 1. The summed E-state index contributed by atoms with van der Waals surface area (Å²) in [5, 5.41) is 8.09. The minimum atomic E-state index is -0.911. The largest absolute Gasteiger partial charge is 0.478 e. The molecule has 0 amide bonds. The zero-order chi connectivity index (χ0) is 7.11. The van der Waals surface area contributed by atoms with E-state index in [1.54, 1.807) is 13.2 Å². The summed E-state index contributed by atoms with van der Waals surface area (Å²) in [6.07, 6.45) is 3.33. The second kappa shape index (κ2) is 5.31. The Balaban J connectivity index is 3.15. The van der Waals surface area contributed by atoms with Gasteiger partial charge in [0.2, 0.25) is 0 Å². The van der Waals surface area contributed by atoms with Gasteiger partial charge in [0.25, 0.3) is 0 Å². The van der Waals surface area contributed by atoms with Crippen LogP contribution in [0.25, 0.3) is 0 Å². The van der Waals surface area contributed by atoms with Gasteiger partial charge in [0.1, 0.15) is 0 Å². The van der Waals surface area contributed by atoms with E-state index in [1.165, 1.54) is 0 Å². The molecule has 0 bridgehead atoms. The third kappa shape index (κ3) is 7.17. The van der Waals surface area contributed by atoms with Crippen LogP contribution >= 0.6 is 0 Å². The lowest BCUT2D eigenvalue weighted by Crippen LogP contribution is -1.88. The Hall–Kier alpha value is -0.830. The van der Waals surface area contributed by atoms with Gasteiger partial charge in [-0.1, -0.05) is 6.08 Å². The maximum Gasteiger partial charge on any atom is 0.327 e. The van der Waals surface area contributed by atoms with E-state index < -0.39 is 5.97 Å². The third-order valence-electron chi connectivity index (χ3n) is 0.749. The smallest absolute Gasteiger partial charge is 0.327 e. The quantitative estimate of drug-likeness (QED) is 0.449. The van der Waals surface area contributed by atoms with Crippen LogP contribution in [-0.4, -0.2) is 24.8 Å². The fourth-order valence-electron chi connectivity index (χ4n) is 0.370. The Kier molecular flexibility index (Phi) is 4.82. The van der Waals surface area contributed by atoms with Crippen molar-refractivity contribution in [1.29, 1.82) is 0 Å². The van der Waals surface area contributed by atoms with Gasteiger partial charge in [-0.3, -0.25) is 0 Å². The normalized spacial score (nSPS) is 10.3. The summed E-state index contributed by atoms with van der Waals surface area (Å²) >= 11 is 0. The molecule has 0 saturated carbocycles. The summed E-state index contributed by atoms with van der Waals surface area (Å²) in [6.45, 7) is 0.573. The Morgan fingerprint density at radius 1 is 1.78 bits per heavy atom. The Morgan fingerprint density at radius 2 is 2.44 bits per heavy atom. The van der Waals surface area contributed by atoms with Gasteiger partial charge in [0.05, 0.1) is 0 Å². The van der Waals surface area contributed by atoms with Crippen LogP contribution in [0, 0.1) is 0 Å². The second-order valence-electron chi connectivity index (χ2n) is 1.52. The lowest BCUT2D eigenvalue weighted by Gasteiger charge is -1.88. The number of hydrogen-bond acceptors (Lipinski definition) is 2. The molecule has 0 aliphatic carbocycles. The standard InChI is InChI=1S/C6H10O3/c1-9-5-3-2-4-6(7)8/h2,4H,3,5H2,1H3,(H,7,8). The zero-order valence-corrected chi connectivity index (χ0v) is 5.33. The van der Waals surface area contributed by atoms with E-state index >= 15 is 0 Å². The van der Waals surface area contributed by atoms with Crippen LogP contribution in [0.5, 0.6) is 0 Å². The number of carboxylic acids is 1. The number of ether oxygens (including phenoxy) is 1. The predicted octanol–water partition coefficient (Wildman–Crippen LogP) is 0.664. The highest BCUT2D eigenvalue weighted by Crippen LogP contribution is 1.82. The first-order valence-corrected chi connectivity index (χ1v) is 2.65. The molecule has 0 radical (unpaired) electrons. The van der Waals surface area contributed by atoms with Crippen molar-refractivity contribution in [2.75, 3.05) is 13.7 Å². The number of methoxy groups -OCH3 is 1. The Morgan fingerprint density at radius 3 is 2.89 bits per heavy atom. The predicted molar refractivity (Wildman–Crippen MR) is 33.3 cm³/mol. The van der Waals surface area contributed by atoms with Crippen LogP contribution in [0.1, 0.15) is 6.42 Å². The fraction of sp³-hybridized carbons (Fsp3) is 0.500. The molecule has 0 aliphatic rings. The van der Waals surface area contributed by atoms with Crippen molar-refractivity contribution in [3.05, 3.63) is 12.2 Å². The molecule has 3 heteroatoms. The molecular weight excluding hydrogens is 120 g/mol. The molecule has 0 rings (SSSR count). The third-order valence-corrected chi connectivity index (χ3v) is 0.749. The van der Waals surface area contributed by atoms with Gasteiger partial charge in [-0.15, -0.1) is 0 Å². The fourth-order valence-corrected chi connectivity index (χ4v) is 0.370. The molecule has 0 unspecified atom stereocenters. The van der Waals surface area contributed by atoms with Crippen molar-refractivity contribution >= 4 is 5.97 Å². The highest BCUT2D eigenvalue weighted by molar-refractivity contribution is 5.79. The van der Waals surface area contributed by atoms with Gasteiger partial charge in [0, 0.05) is 19.8 Å². The van der Waals surface area contributed by atoms with Crippen LogP contribution in [0.15, 0.2) is 12.2 Å². The summed E-state index contributed by atoms with van der Waals surface area (Å²) in [4.78, 5) is 9.83. The van der Waals surface area contributed by atoms with Crippen LogP contribution < -0.4 is 0 Å². The molecule has 0 heterocycles. The van der Waals surface area contributed by atoms with E-state index in [0.717, 1.165) is 6.08 Å². The first kappa shape index (κ1) is 8.17. The van der Waals surface area contributed by atoms with E-state index in [2.05, 4.69) is 4.74 Å². The summed E-state index contributed by atoms with van der Waals surface area (Å²) in [7, 11) is 1.58. The van der Waals surface area contributed by atoms with E-state index in [-0.39, 0.29) is 0 Å². The Labute approximate surface area is 53.9 Å².